The Labute approximate surface area is 180 Å². The number of ether oxygens (including phenoxy) is 1. The lowest BCUT2D eigenvalue weighted by molar-refractivity contribution is -0.118. The molecule has 3 rings (SSSR count). The number of nitrogens with zero attached hydrogens (tertiary/aromatic N) is 2. The number of rotatable bonds is 9. The third kappa shape index (κ3) is 6.15. The van der Waals surface area contributed by atoms with Crippen molar-refractivity contribution in [2.45, 2.75) is 26.4 Å². The standard InChI is InChI=1S/C23H25FN4O3/c1-16(2)21(27-22(29)19-9-3-4-10-20(19)24)23(30)26-17-7-5-8-18(15-17)31-14-13-28-12-6-11-25-28/h3-12,15-16,21H,13-14H2,1-2H3,(H,26,30)(H,27,29). The van der Waals surface area contributed by atoms with E-state index >= 15 is 0 Å². The summed E-state index contributed by atoms with van der Waals surface area (Å²) in [5.41, 5.74) is 0.431. The van der Waals surface area contributed by atoms with E-state index in [4.69, 9.17) is 4.74 Å². The molecule has 8 heteroatoms. The molecule has 0 aliphatic heterocycles. The SMILES string of the molecule is CC(C)C(NC(=O)c1ccccc1F)C(=O)Nc1cccc(OCCn2cccn2)c1. The Balaban J connectivity index is 1.61. The third-order valence-corrected chi connectivity index (χ3v) is 4.60. The average molecular weight is 424 g/mol. The minimum atomic E-state index is -0.837. The summed E-state index contributed by atoms with van der Waals surface area (Å²) in [5.74, 6) is -1.27. The highest BCUT2D eigenvalue weighted by molar-refractivity contribution is 6.01. The molecule has 2 aromatic carbocycles. The summed E-state index contributed by atoms with van der Waals surface area (Å²) in [7, 11) is 0. The molecular formula is C23H25FN4O3. The van der Waals surface area contributed by atoms with Crippen LogP contribution in [0.3, 0.4) is 0 Å². The van der Waals surface area contributed by atoms with Crippen LogP contribution in [0.25, 0.3) is 0 Å². The van der Waals surface area contributed by atoms with E-state index < -0.39 is 23.7 Å². The molecule has 1 heterocycles. The fourth-order valence-corrected chi connectivity index (χ4v) is 2.97. The van der Waals surface area contributed by atoms with Crippen LogP contribution in [0.15, 0.2) is 67.0 Å². The minimum Gasteiger partial charge on any atom is -0.492 e. The molecule has 2 amide bonds. The molecule has 0 radical (unpaired) electrons. The summed E-state index contributed by atoms with van der Waals surface area (Å²) >= 11 is 0. The molecule has 0 aliphatic carbocycles. The van der Waals surface area contributed by atoms with Crippen molar-refractivity contribution in [3.05, 3.63) is 78.4 Å². The van der Waals surface area contributed by atoms with Gasteiger partial charge in [0.1, 0.15) is 24.2 Å². The maximum absolute atomic E-state index is 13.9. The Kier molecular flexibility index (Phi) is 7.37. The first-order valence-corrected chi connectivity index (χ1v) is 10.0. The van der Waals surface area contributed by atoms with Crippen molar-refractivity contribution in [3.8, 4) is 5.75 Å². The molecule has 1 aromatic heterocycles. The zero-order valence-electron chi connectivity index (χ0n) is 17.4. The average Bonchev–Trinajstić information content (AvgIpc) is 3.25. The van der Waals surface area contributed by atoms with Gasteiger partial charge in [-0.2, -0.15) is 5.10 Å². The van der Waals surface area contributed by atoms with Gasteiger partial charge in [0.25, 0.3) is 5.91 Å². The smallest absolute Gasteiger partial charge is 0.254 e. The molecule has 0 saturated carbocycles. The zero-order chi connectivity index (χ0) is 22.2. The van der Waals surface area contributed by atoms with Crippen molar-refractivity contribution in [3.63, 3.8) is 0 Å². The maximum Gasteiger partial charge on any atom is 0.254 e. The number of aromatic nitrogens is 2. The summed E-state index contributed by atoms with van der Waals surface area (Å²) in [6.45, 7) is 4.63. The Morgan fingerprint density at radius 3 is 2.65 bits per heavy atom. The molecule has 31 heavy (non-hydrogen) atoms. The number of halogens is 1. The highest BCUT2D eigenvalue weighted by Crippen LogP contribution is 2.18. The van der Waals surface area contributed by atoms with Crippen LogP contribution in [0, 0.1) is 11.7 Å². The molecule has 0 saturated heterocycles. The Morgan fingerprint density at radius 1 is 1.13 bits per heavy atom. The van der Waals surface area contributed by atoms with Crippen molar-refractivity contribution in [2.24, 2.45) is 5.92 Å². The van der Waals surface area contributed by atoms with Crippen LogP contribution in [0.1, 0.15) is 24.2 Å². The van der Waals surface area contributed by atoms with Crippen LogP contribution in [-0.4, -0.2) is 34.2 Å². The molecule has 0 fully saturated rings. The summed E-state index contributed by atoms with van der Waals surface area (Å²) < 4.78 is 21.4. The van der Waals surface area contributed by atoms with Gasteiger partial charge in [-0.3, -0.25) is 14.3 Å². The van der Waals surface area contributed by atoms with Crippen LogP contribution in [0.5, 0.6) is 5.75 Å². The second-order valence-electron chi connectivity index (χ2n) is 7.31. The molecule has 2 N–H and O–H groups in total. The second kappa shape index (κ2) is 10.4. The lowest BCUT2D eigenvalue weighted by Crippen LogP contribution is -2.47. The van der Waals surface area contributed by atoms with Gasteiger partial charge in [0.2, 0.25) is 5.91 Å². The van der Waals surface area contributed by atoms with Gasteiger partial charge in [0, 0.05) is 24.1 Å². The van der Waals surface area contributed by atoms with E-state index in [0.717, 1.165) is 0 Å². The van der Waals surface area contributed by atoms with E-state index in [0.29, 0.717) is 24.6 Å². The highest BCUT2D eigenvalue weighted by Gasteiger charge is 2.25. The predicted molar refractivity (Wildman–Crippen MR) is 115 cm³/mol. The number of hydrogen-bond donors (Lipinski definition) is 2. The third-order valence-electron chi connectivity index (χ3n) is 4.60. The first kappa shape index (κ1) is 22.0. The number of hydrogen-bond acceptors (Lipinski definition) is 4. The first-order valence-electron chi connectivity index (χ1n) is 10.0. The minimum absolute atomic E-state index is 0.103. The van der Waals surface area contributed by atoms with Crippen molar-refractivity contribution in [1.82, 2.24) is 15.1 Å². The number of benzene rings is 2. The van der Waals surface area contributed by atoms with E-state index in [2.05, 4.69) is 15.7 Å². The van der Waals surface area contributed by atoms with Gasteiger partial charge in [0.05, 0.1) is 12.1 Å². The van der Waals surface area contributed by atoms with E-state index in [1.54, 1.807) is 55.1 Å². The number of nitrogens with one attached hydrogen (secondary N) is 2. The lowest BCUT2D eigenvalue weighted by Gasteiger charge is -2.22. The maximum atomic E-state index is 13.9. The molecule has 0 aliphatic rings. The molecule has 1 atom stereocenters. The Morgan fingerprint density at radius 2 is 1.94 bits per heavy atom. The van der Waals surface area contributed by atoms with E-state index in [1.165, 1.54) is 18.2 Å². The van der Waals surface area contributed by atoms with Gasteiger partial charge >= 0.3 is 0 Å². The van der Waals surface area contributed by atoms with Gasteiger partial charge in [-0.1, -0.05) is 32.0 Å². The second-order valence-corrected chi connectivity index (χ2v) is 7.31. The zero-order valence-corrected chi connectivity index (χ0v) is 17.4. The van der Waals surface area contributed by atoms with Crippen molar-refractivity contribution < 1.29 is 18.7 Å². The quantitative estimate of drug-likeness (QED) is 0.551. The number of amides is 2. The van der Waals surface area contributed by atoms with Crippen LogP contribution in [-0.2, 0) is 11.3 Å². The first-order chi connectivity index (χ1) is 14.9. The van der Waals surface area contributed by atoms with Crippen molar-refractivity contribution >= 4 is 17.5 Å². The van der Waals surface area contributed by atoms with Gasteiger partial charge in [-0.15, -0.1) is 0 Å². The van der Waals surface area contributed by atoms with Gasteiger partial charge < -0.3 is 15.4 Å². The summed E-state index contributed by atoms with van der Waals surface area (Å²) in [4.78, 5) is 25.3. The molecule has 3 aromatic rings. The Bertz CT molecular complexity index is 1020. The fourth-order valence-electron chi connectivity index (χ4n) is 2.97. The highest BCUT2D eigenvalue weighted by atomic mass is 19.1. The van der Waals surface area contributed by atoms with Gasteiger partial charge in [0.15, 0.2) is 0 Å². The molecule has 1 unspecified atom stereocenters. The topological polar surface area (TPSA) is 85.3 Å². The summed E-state index contributed by atoms with van der Waals surface area (Å²) in [5, 5.41) is 9.53. The van der Waals surface area contributed by atoms with Gasteiger partial charge in [-0.05, 0) is 36.2 Å². The summed E-state index contributed by atoms with van der Waals surface area (Å²) in [6, 6.07) is 13.7. The normalized spacial score (nSPS) is 11.7. The predicted octanol–water partition coefficient (Wildman–Crippen LogP) is 3.49. The number of carbonyl (C=O) groups excluding carboxylic acids is 2. The largest absolute Gasteiger partial charge is 0.492 e. The van der Waals surface area contributed by atoms with Crippen LogP contribution >= 0.6 is 0 Å². The Hall–Kier alpha value is -3.68. The molecule has 162 valence electrons. The van der Waals surface area contributed by atoms with E-state index in [1.807, 2.05) is 12.3 Å². The number of anilines is 1. The monoisotopic (exact) mass is 424 g/mol. The molecule has 0 bridgehead atoms. The molecule has 7 nitrogen and oxygen atoms in total. The van der Waals surface area contributed by atoms with Crippen LogP contribution < -0.4 is 15.4 Å². The summed E-state index contributed by atoms with van der Waals surface area (Å²) in [6.07, 6.45) is 3.55. The van der Waals surface area contributed by atoms with Crippen LogP contribution in [0.4, 0.5) is 10.1 Å². The van der Waals surface area contributed by atoms with Crippen molar-refractivity contribution in [2.75, 3.05) is 11.9 Å². The van der Waals surface area contributed by atoms with E-state index in [-0.39, 0.29) is 11.5 Å². The number of carbonyl (C=O) groups is 2. The van der Waals surface area contributed by atoms with Crippen LogP contribution in [0.2, 0.25) is 0 Å². The molecular weight excluding hydrogens is 399 g/mol. The van der Waals surface area contributed by atoms with E-state index in [9.17, 15) is 14.0 Å². The van der Waals surface area contributed by atoms with Gasteiger partial charge in [-0.25, -0.2) is 4.39 Å². The lowest BCUT2D eigenvalue weighted by atomic mass is 10.0. The fraction of sp³-hybridized carbons (Fsp3) is 0.261. The van der Waals surface area contributed by atoms with Crippen molar-refractivity contribution in [1.29, 1.82) is 0 Å². The molecule has 0 spiro atoms.